The average Bonchev–Trinajstić information content (AvgIpc) is 2.79. The van der Waals surface area contributed by atoms with E-state index in [0.717, 1.165) is 19.3 Å². The first-order chi connectivity index (χ1) is 9.50. The van der Waals surface area contributed by atoms with Crippen molar-refractivity contribution in [1.82, 2.24) is 5.32 Å². The summed E-state index contributed by atoms with van der Waals surface area (Å²) in [6.45, 7) is 4.35. The Hall–Kier alpha value is -0.870. The molecule has 0 aliphatic carbocycles. The molecule has 0 bridgehead atoms. The number of hydrogen-bond donors (Lipinski definition) is 1. The SMILES string of the molecule is CCc1ccc(C(NC)C2CCS(=O)(=O)C2)cc1CC. The molecule has 2 atom stereocenters. The zero-order valence-electron chi connectivity index (χ0n) is 12.6. The summed E-state index contributed by atoms with van der Waals surface area (Å²) in [5.74, 6) is 0.848. The lowest BCUT2D eigenvalue weighted by Crippen LogP contribution is -2.26. The second kappa shape index (κ2) is 6.27. The Bertz CT molecular complexity index is 566. The Labute approximate surface area is 122 Å². The van der Waals surface area contributed by atoms with Gasteiger partial charge in [-0.2, -0.15) is 0 Å². The first kappa shape index (κ1) is 15.5. The maximum atomic E-state index is 11.7. The van der Waals surface area contributed by atoms with Crippen LogP contribution in [0.1, 0.15) is 43.0 Å². The molecule has 0 aromatic heterocycles. The monoisotopic (exact) mass is 295 g/mol. The van der Waals surface area contributed by atoms with Crippen LogP contribution in [0.2, 0.25) is 0 Å². The van der Waals surface area contributed by atoms with Crippen molar-refractivity contribution in [2.45, 2.75) is 39.2 Å². The molecular formula is C16H25NO2S. The van der Waals surface area contributed by atoms with Gasteiger partial charge in [-0.25, -0.2) is 8.42 Å². The van der Waals surface area contributed by atoms with Crippen LogP contribution >= 0.6 is 0 Å². The number of sulfone groups is 1. The van der Waals surface area contributed by atoms with E-state index in [1.165, 1.54) is 16.7 Å². The first-order valence-electron chi connectivity index (χ1n) is 7.50. The normalized spacial score (nSPS) is 22.9. The summed E-state index contributed by atoms with van der Waals surface area (Å²) >= 11 is 0. The fourth-order valence-corrected chi connectivity index (χ4v) is 5.11. The van der Waals surface area contributed by atoms with E-state index in [2.05, 4.69) is 37.4 Å². The predicted octanol–water partition coefficient (Wildman–Crippen LogP) is 2.51. The van der Waals surface area contributed by atoms with Crippen molar-refractivity contribution in [2.24, 2.45) is 5.92 Å². The van der Waals surface area contributed by atoms with Crippen molar-refractivity contribution < 1.29 is 8.42 Å². The van der Waals surface area contributed by atoms with Crippen molar-refractivity contribution >= 4 is 9.84 Å². The zero-order valence-corrected chi connectivity index (χ0v) is 13.5. The van der Waals surface area contributed by atoms with Crippen LogP contribution in [0, 0.1) is 5.92 Å². The lowest BCUT2D eigenvalue weighted by molar-refractivity contribution is 0.418. The molecule has 0 amide bonds. The van der Waals surface area contributed by atoms with Crippen LogP contribution in [0.4, 0.5) is 0 Å². The van der Waals surface area contributed by atoms with E-state index in [1.54, 1.807) is 0 Å². The van der Waals surface area contributed by atoms with Crippen LogP contribution < -0.4 is 5.32 Å². The van der Waals surface area contributed by atoms with Gasteiger partial charge in [-0.1, -0.05) is 32.0 Å². The fraction of sp³-hybridized carbons (Fsp3) is 0.625. The largest absolute Gasteiger partial charge is 0.313 e. The molecule has 1 N–H and O–H groups in total. The molecule has 1 aromatic rings. The topological polar surface area (TPSA) is 46.2 Å². The fourth-order valence-electron chi connectivity index (χ4n) is 3.27. The van der Waals surface area contributed by atoms with Gasteiger partial charge in [0.25, 0.3) is 0 Å². The number of nitrogens with one attached hydrogen (secondary N) is 1. The average molecular weight is 295 g/mol. The molecule has 1 fully saturated rings. The summed E-state index contributed by atoms with van der Waals surface area (Å²) in [5.41, 5.74) is 4.00. The molecule has 20 heavy (non-hydrogen) atoms. The summed E-state index contributed by atoms with van der Waals surface area (Å²) in [4.78, 5) is 0. The van der Waals surface area contributed by atoms with Gasteiger partial charge in [0, 0.05) is 6.04 Å². The van der Waals surface area contributed by atoms with Crippen molar-refractivity contribution in [1.29, 1.82) is 0 Å². The number of hydrogen-bond acceptors (Lipinski definition) is 3. The van der Waals surface area contributed by atoms with E-state index >= 15 is 0 Å². The molecule has 0 radical (unpaired) electrons. The van der Waals surface area contributed by atoms with Crippen LogP contribution in [-0.4, -0.2) is 27.0 Å². The second-order valence-corrected chi connectivity index (χ2v) is 7.89. The Kier molecular flexibility index (Phi) is 4.86. The number of aryl methyl sites for hydroxylation is 2. The minimum atomic E-state index is -2.83. The summed E-state index contributed by atoms with van der Waals surface area (Å²) in [6.07, 6.45) is 2.84. The third-order valence-electron chi connectivity index (χ3n) is 4.40. The van der Waals surface area contributed by atoms with Crippen LogP contribution in [0.25, 0.3) is 0 Å². The number of benzene rings is 1. The van der Waals surface area contributed by atoms with E-state index < -0.39 is 9.84 Å². The third-order valence-corrected chi connectivity index (χ3v) is 6.20. The number of rotatable bonds is 5. The van der Waals surface area contributed by atoms with Gasteiger partial charge in [-0.15, -0.1) is 0 Å². The summed E-state index contributed by atoms with van der Waals surface area (Å²) in [6, 6.07) is 6.75. The molecule has 1 aromatic carbocycles. The van der Waals surface area contributed by atoms with Gasteiger partial charge < -0.3 is 5.32 Å². The van der Waals surface area contributed by atoms with Crippen molar-refractivity contribution in [3.8, 4) is 0 Å². The highest BCUT2D eigenvalue weighted by atomic mass is 32.2. The molecular weight excluding hydrogens is 270 g/mol. The molecule has 0 saturated carbocycles. The quantitative estimate of drug-likeness (QED) is 0.908. The van der Waals surface area contributed by atoms with Gasteiger partial charge in [0.05, 0.1) is 11.5 Å². The summed E-state index contributed by atoms with van der Waals surface area (Å²) in [5, 5.41) is 3.32. The smallest absolute Gasteiger partial charge is 0.150 e. The zero-order chi connectivity index (χ0) is 14.8. The molecule has 1 aliphatic heterocycles. The summed E-state index contributed by atoms with van der Waals surface area (Å²) < 4.78 is 23.4. The molecule has 112 valence electrons. The maximum absolute atomic E-state index is 11.7. The van der Waals surface area contributed by atoms with Crippen molar-refractivity contribution in [2.75, 3.05) is 18.6 Å². The van der Waals surface area contributed by atoms with Crippen LogP contribution in [-0.2, 0) is 22.7 Å². The van der Waals surface area contributed by atoms with Gasteiger partial charge in [-0.3, -0.25) is 0 Å². The highest BCUT2D eigenvalue weighted by molar-refractivity contribution is 7.91. The maximum Gasteiger partial charge on any atom is 0.150 e. The van der Waals surface area contributed by atoms with E-state index in [4.69, 9.17) is 0 Å². The van der Waals surface area contributed by atoms with E-state index in [1.807, 2.05) is 7.05 Å². The molecule has 1 aliphatic rings. The van der Waals surface area contributed by atoms with Crippen LogP contribution in [0.5, 0.6) is 0 Å². The molecule has 0 spiro atoms. The van der Waals surface area contributed by atoms with Crippen molar-refractivity contribution in [3.05, 3.63) is 34.9 Å². The van der Waals surface area contributed by atoms with Gasteiger partial charge in [0.1, 0.15) is 0 Å². The first-order valence-corrected chi connectivity index (χ1v) is 9.32. The lowest BCUT2D eigenvalue weighted by atomic mass is 9.89. The highest BCUT2D eigenvalue weighted by Gasteiger charge is 2.33. The van der Waals surface area contributed by atoms with Gasteiger partial charge in [0.15, 0.2) is 9.84 Å². The molecule has 3 nitrogen and oxygen atoms in total. The van der Waals surface area contributed by atoms with E-state index in [9.17, 15) is 8.42 Å². The minimum Gasteiger partial charge on any atom is -0.313 e. The third kappa shape index (κ3) is 3.23. The Morgan fingerprint density at radius 1 is 1.25 bits per heavy atom. The summed E-state index contributed by atoms with van der Waals surface area (Å²) in [7, 11) is -0.902. The molecule has 1 heterocycles. The molecule has 4 heteroatoms. The van der Waals surface area contributed by atoms with Crippen LogP contribution in [0.15, 0.2) is 18.2 Å². The van der Waals surface area contributed by atoms with E-state index in [0.29, 0.717) is 11.5 Å². The van der Waals surface area contributed by atoms with Gasteiger partial charge in [0.2, 0.25) is 0 Å². The Morgan fingerprint density at radius 3 is 2.45 bits per heavy atom. The standard InChI is InChI=1S/C16H25NO2S/c1-4-12-6-7-14(10-13(12)5-2)16(17-3)15-8-9-20(18,19)11-15/h6-7,10,15-17H,4-5,8-9,11H2,1-3H3. The molecule has 2 unspecified atom stereocenters. The predicted molar refractivity (Wildman–Crippen MR) is 83.8 cm³/mol. The van der Waals surface area contributed by atoms with Crippen molar-refractivity contribution in [3.63, 3.8) is 0 Å². The second-order valence-electron chi connectivity index (χ2n) is 5.66. The molecule has 2 rings (SSSR count). The minimum absolute atomic E-state index is 0.142. The molecule has 1 saturated heterocycles. The van der Waals surface area contributed by atoms with Crippen LogP contribution in [0.3, 0.4) is 0 Å². The van der Waals surface area contributed by atoms with E-state index in [-0.39, 0.29) is 12.0 Å². The Balaban J connectivity index is 2.28. The Morgan fingerprint density at radius 2 is 1.95 bits per heavy atom. The van der Waals surface area contributed by atoms with Gasteiger partial charge in [-0.05, 0) is 48.9 Å². The van der Waals surface area contributed by atoms with Gasteiger partial charge >= 0.3 is 0 Å². The lowest BCUT2D eigenvalue weighted by Gasteiger charge is -2.23. The highest BCUT2D eigenvalue weighted by Crippen LogP contribution is 2.32.